The molecule has 8 nitrogen and oxygen atoms in total. The van der Waals surface area contributed by atoms with Gasteiger partial charge < -0.3 is 15.0 Å². The molecule has 0 aliphatic carbocycles. The Bertz CT molecular complexity index is 1750. The molecule has 0 fully saturated rings. The van der Waals surface area contributed by atoms with Crippen molar-refractivity contribution in [3.63, 3.8) is 0 Å². The fraction of sp³-hybridized carbons (Fsp3) is 0.257. The van der Waals surface area contributed by atoms with Gasteiger partial charge in [-0.05, 0) is 93.4 Å². The average Bonchev–Trinajstić information content (AvgIpc) is 3.04. The molecule has 1 N–H and O–H groups in total. The number of carbonyl (C=O) groups is 2. The summed E-state index contributed by atoms with van der Waals surface area (Å²) in [5, 5.41) is 3.65. The Kier molecular flexibility index (Phi) is 11.7. The number of nitrogens with zero attached hydrogens (tertiary/aromatic N) is 2. The van der Waals surface area contributed by atoms with Gasteiger partial charge in [-0.1, -0.05) is 72.1 Å². The van der Waals surface area contributed by atoms with Crippen molar-refractivity contribution >= 4 is 50.7 Å². The first-order chi connectivity index (χ1) is 21.9. The maximum atomic E-state index is 14.2. The second kappa shape index (κ2) is 15.5. The van der Waals surface area contributed by atoms with Crippen molar-refractivity contribution < 1.29 is 22.7 Å². The number of amides is 2. The molecule has 2 atom stereocenters. The first kappa shape index (κ1) is 34.8. The minimum atomic E-state index is -4.23. The molecular weight excluding hydrogens is 645 g/mol. The van der Waals surface area contributed by atoms with Gasteiger partial charge in [0, 0.05) is 22.6 Å². The van der Waals surface area contributed by atoms with Gasteiger partial charge in [0.25, 0.3) is 10.0 Å². The smallest absolute Gasteiger partial charge is 0.264 e. The van der Waals surface area contributed by atoms with Crippen molar-refractivity contribution in [2.75, 3.05) is 10.8 Å². The summed E-state index contributed by atoms with van der Waals surface area (Å²) in [4.78, 5) is 28.8. The number of aryl methyl sites for hydroxylation is 1. The minimum absolute atomic E-state index is 0.0189. The van der Waals surface area contributed by atoms with E-state index in [2.05, 4.69) is 5.32 Å². The van der Waals surface area contributed by atoms with Gasteiger partial charge in [-0.2, -0.15) is 0 Å². The summed E-state index contributed by atoms with van der Waals surface area (Å²) >= 11 is 12.6. The van der Waals surface area contributed by atoms with Crippen molar-refractivity contribution in [3.05, 3.63) is 118 Å². The van der Waals surface area contributed by atoms with E-state index >= 15 is 0 Å². The predicted octanol–water partition coefficient (Wildman–Crippen LogP) is 7.62. The van der Waals surface area contributed by atoms with Gasteiger partial charge in [0.2, 0.25) is 11.8 Å². The van der Waals surface area contributed by atoms with E-state index in [1.54, 1.807) is 73.7 Å². The zero-order valence-electron chi connectivity index (χ0n) is 26.1. The van der Waals surface area contributed by atoms with Crippen LogP contribution in [0.2, 0.25) is 10.0 Å². The van der Waals surface area contributed by atoms with Crippen molar-refractivity contribution in [3.8, 4) is 11.5 Å². The highest BCUT2D eigenvalue weighted by molar-refractivity contribution is 7.92. The van der Waals surface area contributed by atoms with Crippen LogP contribution in [0.3, 0.4) is 0 Å². The van der Waals surface area contributed by atoms with E-state index in [0.29, 0.717) is 33.5 Å². The molecular formula is C35H37Cl2N3O5S. The van der Waals surface area contributed by atoms with Crippen LogP contribution < -0.4 is 14.4 Å². The molecule has 0 radical (unpaired) electrons. The third-order valence-electron chi connectivity index (χ3n) is 7.52. The first-order valence-corrected chi connectivity index (χ1v) is 17.0. The number of hydrogen-bond acceptors (Lipinski definition) is 5. The van der Waals surface area contributed by atoms with Gasteiger partial charge in [0.1, 0.15) is 24.1 Å². The molecule has 0 saturated heterocycles. The Morgan fingerprint density at radius 2 is 1.50 bits per heavy atom. The highest BCUT2D eigenvalue weighted by Gasteiger charge is 2.33. The molecule has 0 aliphatic heterocycles. The Labute approximate surface area is 280 Å². The number of ether oxygens (including phenoxy) is 1. The lowest BCUT2D eigenvalue weighted by Gasteiger charge is -2.32. The zero-order chi connectivity index (χ0) is 33.4. The molecule has 242 valence electrons. The highest BCUT2D eigenvalue weighted by atomic mass is 35.5. The third kappa shape index (κ3) is 8.81. The summed E-state index contributed by atoms with van der Waals surface area (Å²) in [6.45, 7) is 6.64. The molecule has 2 unspecified atom stereocenters. The number of carbonyl (C=O) groups excluding carboxylic acids is 2. The minimum Gasteiger partial charge on any atom is -0.457 e. The van der Waals surface area contributed by atoms with E-state index in [1.807, 2.05) is 39.0 Å². The normalized spacial score (nSPS) is 12.6. The van der Waals surface area contributed by atoms with E-state index in [4.69, 9.17) is 27.9 Å². The SMILES string of the molecule is CCC(C)NC(=O)C(C)N(Cc1ccc(Cl)cc1Cl)C(=O)CN(c1ccc(Oc2ccccc2)cc1)S(=O)(=O)c1ccc(C)cc1. The molecule has 0 aliphatic rings. The van der Waals surface area contributed by atoms with Crippen molar-refractivity contribution in [1.82, 2.24) is 10.2 Å². The van der Waals surface area contributed by atoms with Gasteiger partial charge >= 0.3 is 0 Å². The van der Waals surface area contributed by atoms with Crippen molar-refractivity contribution in [2.45, 2.75) is 57.6 Å². The van der Waals surface area contributed by atoms with Gasteiger partial charge in [-0.3, -0.25) is 13.9 Å². The Hall–Kier alpha value is -4.05. The third-order valence-corrected chi connectivity index (χ3v) is 9.89. The molecule has 4 aromatic carbocycles. The van der Waals surface area contributed by atoms with E-state index in [0.717, 1.165) is 9.87 Å². The van der Waals surface area contributed by atoms with Crippen LogP contribution in [0.4, 0.5) is 5.69 Å². The molecule has 4 rings (SSSR count). The molecule has 0 bridgehead atoms. The number of sulfonamides is 1. The summed E-state index contributed by atoms with van der Waals surface area (Å²) in [7, 11) is -4.23. The molecule has 0 aromatic heterocycles. The Morgan fingerprint density at radius 1 is 0.870 bits per heavy atom. The standard InChI is InChI=1S/C35H37Cl2N3O5S/c1-5-25(3)38-35(42)26(4)39(22-27-13-14-28(36)21-33(27)37)34(41)23-40(46(43,44)32-19-11-24(2)12-20-32)29-15-17-31(18-16-29)45-30-9-7-6-8-10-30/h6-21,25-26H,5,22-23H2,1-4H3,(H,38,42). The quantitative estimate of drug-likeness (QED) is 0.157. The van der Waals surface area contributed by atoms with Gasteiger partial charge in [-0.15, -0.1) is 0 Å². The monoisotopic (exact) mass is 681 g/mol. The summed E-state index contributed by atoms with van der Waals surface area (Å²) in [6.07, 6.45) is 0.696. The molecule has 4 aromatic rings. The Balaban J connectivity index is 1.72. The molecule has 0 saturated carbocycles. The second-order valence-corrected chi connectivity index (χ2v) is 13.7. The fourth-order valence-electron chi connectivity index (χ4n) is 4.55. The number of hydrogen-bond donors (Lipinski definition) is 1. The van der Waals surface area contributed by atoms with Gasteiger partial charge in [0.05, 0.1) is 10.6 Å². The fourth-order valence-corrected chi connectivity index (χ4v) is 6.44. The summed E-state index contributed by atoms with van der Waals surface area (Å²) in [6, 6.07) is 25.8. The lowest BCUT2D eigenvalue weighted by atomic mass is 10.1. The maximum absolute atomic E-state index is 14.2. The predicted molar refractivity (Wildman–Crippen MR) is 183 cm³/mol. The molecule has 0 heterocycles. The second-order valence-electron chi connectivity index (χ2n) is 11.0. The number of rotatable bonds is 13. The van der Waals surface area contributed by atoms with Crippen LogP contribution in [0.15, 0.2) is 102 Å². The van der Waals surface area contributed by atoms with E-state index in [9.17, 15) is 18.0 Å². The summed E-state index contributed by atoms with van der Waals surface area (Å²) in [5.41, 5.74) is 1.68. The van der Waals surface area contributed by atoms with E-state index in [-0.39, 0.29) is 29.1 Å². The van der Waals surface area contributed by atoms with Crippen molar-refractivity contribution in [1.29, 1.82) is 0 Å². The largest absolute Gasteiger partial charge is 0.457 e. The van der Waals surface area contributed by atoms with E-state index in [1.165, 1.54) is 17.0 Å². The van der Waals surface area contributed by atoms with E-state index < -0.39 is 28.5 Å². The van der Waals surface area contributed by atoms with Crippen LogP contribution in [0.5, 0.6) is 11.5 Å². The van der Waals surface area contributed by atoms with Crippen LogP contribution in [0, 0.1) is 6.92 Å². The van der Waals surface area contributed by atoms with Crippen LogP contribution in [0.25, 0.3) is 0 Å². The lowest BCUT2D eigenvalue weighted by molar-refractivity contribution is -0.139. The van der Waals surface area contributed by atoms with Crippen LogP contribution in [-0.2, 0) is 26.2 Å². The molecule has 2 amide bonds. The van der Waals surface area contributed by atoms with Crippen LogP contribution >= 0.6 is 23.2 Å². The topological polar surface area (TPSA) is 96.0 Å². The first-order valence-electron chi connectivity index (χ1n) is 14.8. The number of para-hydroxylation sites is 1. The summed E-state index contributed by atoms with van der Waals surface area (Å²) < 4.78 is 35.2. The van der Waals surface area contributed by atoms with Gasteiger partial charge in [0.15, 0.2) is 0 Å². The maximum Gasteiger partial charge on any atom is 0.264 e. The molecule has 11 heteroatoms. The molecule has 0 spiro atoms. The number of nitrogens with one attached hydrogen (secondary N) is 1. The number of benzene rings is 4. The number of anilines is 1. The summed E-state index contributed by atoms with van der Waals surface area (Å²) in [5.74, 6) is 0.139. The average molecular weight is 683 g/mol. The van der Waals surface area contributed by atoms with Crippen molar-refractivity contribution in [2.24, 2.45) is 0 Å². The molecule has 46 heavy (non-hydrogen) atoms. The van der Waals surface area contributed by atoms with Gasteiger partial charge in [-0.25, -0.2) is 8.42 Å². The number of halogens is 2. The highest BCUT2D eigenvalue weighted by Crippen LogP contribution is 2.29. The van der Waals surface area contributed by atoms with Crippen LogP contribution in [0.1, 0.15) is 38.3 Å². The zero-order valence-corrected chi connectivity index (χ0v) is 28.4. The van der Waals surface area contributed by atoms with Crippen LogP contribution in [-0.4, -0.2) is 43.8 Å². The lowest BCUT2D eigenvalue weighted by Crippen LogP contribution is -2.52. The Morgan fingerprint density at radius 3 is 2.11 bits per heavy atom.